The second kappa shape index (κ2) is 8.56. The number of hydrogen-bond acceptors (Lipinski definition) is 3. The minimum Gasteiger partial charge on any atom is -0.445 e. The highest BCUT2D eigenvalue weighted by Crippen LogP contribution is 2.10. The average molecular weight is 318 g/mol. The molecule has 0 spiro atoms. The first-order valence-electron chi connectivity index (χ1n) is 8.29. The van der Waals surface area contributed by atoms with Crippen LogP contribution < -0.4 is 0 Å². The Morgan fingerprint density at radius 1 is 1.04 bits per heavy atom. The maximum absolute atomic E-state index is 12.2. The number of carbonyl (C=O) groups excluding carboxylic acids is 2. The minimum atomic E-state index is -0.299. The first-order chi connectivity index (χ1) is 11.1. The molecule has 126 valence electrons. The van der Waals surface area contributed by atoms with Crippen LogP contribution >= 0.6 is 0 Å². The van der Waals surface area contributed by atoms with E-state index in [-0.39, 0.29) is 18.6 Å². The van der Waals surface area contributed by atoms with Crippen LogP contribution in [0.5, 0.6) is 0 Å². The van der Waals surface area contributed by atoms with Gasteiger partial charge in [0.1, 0.15) is 6.61 Å². The molecule has 0 aromatic heterocycles. The van der Waals surface area contributed by atoms with Gasteiger partial charge in [-0.15, -0.1) is 0 Å². The maximum atomic E-state index is 12.2. The minimum absolute atomic E-state index is 0.180. The van der Waals surface area contributed by atoms with Gasteiger partial charge >= 0.3 is 6.09 Å². The van der Waals surface area contributed by atoms with Gasteiger partial charge in [-0.05, 0) is 17.9 Å². The molecule has 1 aliphatic rings. The van der Waals surface area contributed by atoms with Crippen molar-refractivity contribution in [2.75, 3.05) is 26.2 Å². The van der Waals surface area contributed by atoms with Gasteiger partial charge in [-0.25, -0.2) is 4.79 Å². The van der Waals surface area contributed by atoms with E-state index in [0.29, 0.717) is 38.5 Å². The lowest BCUT2D eigenvalue weighted by atomic mass is 10.1. The molecule has 1 fully saturated rings. The number of amides is 2. The second-order valence-corrected chi connectivity index (χ2v) is 6.36. The van der Waals surface area contributed by atoms with Gasteiger partial charge in [0.25, 0.3) is 0 Å². The van der Waals surface area contributed by atoms with Crippen LogP contribution in [-0.4, -0.2) is 48.0 Å². The lowest BCUT2D eigenvalue weighted by molar-refractivity contribution is -0.131. The van der Waals surface area contributed by atoms with Crippen molar-refractivity contribution < 1.29 is 14.3 Å². The Bertz CT molecular complexity index is 516. The molecule has 0 N–H and O–H groups in total. The molecule has 2 rings (SSSR count). The van der Waals surface area contributed by atoms with Crippen molar-refractivity contribution in [2.45, 2.75) is 33.3 Å². The van der Waals surface area contributed by atoms with Gasteiger partial charge in [-0.1, -0.05) is 44.2 Å². The summed E-state index contributed by atoms with van der Waals surface area (Å²) in [6, 6.07) is 9.65. The summed E-state index contributed by atoms with van der Waals surface area (Å²) in [6.45, 7) is 6.86. The molecule has 1 aromatic rings. The van der Waals surface area contributed by atoms with Crippen LogP contribution in [-0.2, 0) is 16.1 Å². The standard InChI is InChI=1S/C18H26N2O3/c1-15(2)13-17(21)19-9-6-10-20(12-11-19)18(22)23-14-16-7-4-3-5-8-16/h3-5,7-8,15H,6,9-14H2,1-2H3. The quantitative estimate of drug-likeness (QED) is 0.857. The van der Waals surface area contributed by atoms with Crippen LogP contribution in [0.3, 0.4) is 0 Å². The van der Waals surface area contributed by atoms with Crippen LogP contribution in [0.4, 0.5) is 4.79 Å². The summed E-state index contributed by atoms with van der Waals surface area (Å²) in [7, 11) is 0. The Hall–Kier alpha value is -2.04. The van der Waals surface area contributed by atoms with Crippen molar-refractivity contribution in [2.24, 2.45) is 5.92 Å². The topological polar surface area (TPSA) is 49.9 Å². The smallest absolute Gasteiger partial charge is 0.410 e. The predicted molar refractivity (Wildman–Crippen MR) is 88.9 cm³/mol. The lowest BCUT2D eigenvalue weighted by Gasteiger charge is -2.22. The highest BCUT2D eigenvalue weighted by molar-refractivity contribution is 5.76. The summed E-state index contributed by atoms with van der Waals surface area (Å²) in [5.41, 5.74) is 0.976. The molecule has 0 radical (unpaired) electrons. The van der Waals surface area contributed by atoms with E-state index in [2.05, 4.69) is 0 Å². The molecule has 1 aromatic carbocycles. The number of ether oxygens (including phenoxy) is 1. The highest BCUT2D eigenvalue weighted by Gasteiger charge is 2.23. The molecule has 0 atom stereocenters. The molecule has 0 unspecified atom stereocenters. The first-order valence-corrected chi connectivity index (χ1v) is 8.29. The predicted octanol–water partition coefficient (Wildman–Crippen LogP) is 2.90. The maximum Gasteiger partial charge on any atom is 0.410 e. The molecule has 0 bridgehead atoms. The van der Waals surface area contributed by atoms with Crippen LogP contribution in [0.1, 0.15) is 32.3 Å². The van der Waals surface area contributed by atoms with E-state index in [9.17, 15) is 9.59 Å². The molecule has 1 heterocycles. The van der Waals surface area contributed by atoms with E-state index >= 15 is 0 Å². The van der Waals surface area contributed by atoms with Crippen molar-refractivity contribution in [1.29, 1.82) is 0 Å². The molecule has 0 aliphatic carbocycles. The van der Waals surface area contributed by atoms with Gasteiger partial charge in [0.15, 0.2) is 0 Å². The van der Waals surface area contributed by atoms with Gasteiger partial charge in [0.2, 0.25) is 5.91 Å². The Balaban J connectivity index is 1.80. The van der Waals surface area contributed by atoms with E-state index in [0.717, 1.165) is 12.0 Å². The van der Waals surface area contributed by atoms with E-state index in [4.69, 9.17) is 4.74 Å². The second-order valence-electron chi connectivity index (χ2n) is 6.36. The van der Waals surface area contributed by atoms with Gasteiger partial charge in [0.05, 0.1) is 0 Å². The fraction of sp³-hybridized carbons (Fsp3) is 0.556. The molecule has 1 saturated heterocycles. The molecule has 5 nitrogen and oxygen atoms in total. The fourth-order valence-electron chi connectivity index (χ4n) is 2.64. The van der Waals surface area contributed by atoms with E-state index in [1.54, 1.807) is 4.90 Å². The van der Waals surface area contributed by atoms with Crippen molar-refractivity contribution in [1.82, 2.24) is 9.80 Å². The van der Waals surface area contributed by atoms with Crippen molar-refractivity contribution in [3.8, 4) is 0 Å². The van der Waals surface area contributed by atoms with Gasteiger partial charge < -0.3 is 14.5 Å². The Morgan fingerprint density at radius 3 is 2.39 bits per heavy atom. The van der Waals surface area contributed by atoms with E-state index < -0.39 is 0 Å². The van der Waals surface area contributed by atoms with Gasteiger partial charge in [0, 0.05) is 32.6 Å². The normalized spacial score (nSPS) is 15.4. The Kier molecular flexibility index (Phi) is 6.44. The van der Waals surface area contributed by atoms with Crippen molar-refractivity contribution in [3.05, 3.63) is 35.9 Å². The summed E-state index contributed by atoms with van der Waals surface area (Å²) in [4.78, 5) is 27.9. The lowest BCUT2D eigenvalue weighted by Crippen LogP contribution is -2.37. The number of benzene rings is 1. The molecule has 1 aliphatic heterocycles. The summed E-state index contributed by atoms with van der Waals surface area (Å²) < 4.78 is 5.37. The zero-order chi connectivity index (χ0) is 16.7. The molecular formula is C18H26N2O3. The number of carbonyl (C=O) groups is 2. The third kappa shape index (κ3) is 5.58. The third-order valence-electron chi connectivity index (χ3n) is 3.89. The summed E-state index contributed by atoms with van der Waals surface area (Å²) in [5, 5.41) is 0. The average Bonchev–Trinajstić information content (AvgIpc) is 2.79. The Morgan fingerprint density at radius 2 is 1.70 bits per heavy atom. The van der Waals surface area contributed by atoms with Crippen LogP contribution in [0, 0.1) is 5.92 Å². The monoisotopic (exact) mass is 318 g/mol. The molecule has 0 saturated carbocycles. The summed E-state index contributed by atoms with van der Waals surface area (Å²) >= 11 is 0. The number of nitrogens with zero attached hydrogens (tertiary/aromatic N) is 2. The number of hydrogen-bond donors (Lipinski definition) is 0. The molecular weight excluding hydrogens is 292 g/mol. The van der Waals surface area contributed by atoms with Crippen LogP contribution in [0.2, 0.25) is 0 Å². The SMILES string of the molecule is CC(C)CC(=O)N1CCCN(C(=O)OCc2ccccc2)CC1. The molecule has 5 heteroatoms. The van der Waals surface area contributed by atoms with Crippen LogP contribution in [0.25, 0.3) is 0 Å². The first kappa shape index (κ1) is 17.3. The largest absolute Gasteiger partial charge is 0.445 e. The van der Waals surface area contributed by atoms with Crippen LogP contribution in [0.15, 0.2) is 30.3 Å². The zero-order valence-corrected chi connectivity index (χ0v) is 14.0. The molecule has 23 heavy (non-hydrogen) atoms. The number of rotatable bonds is 4. The fourth-order valence-corrected chi connectivity index (χ4v) is 2.64. The van der Waals surface area contributed by atoms with E-state index in [1.165, 1.54) is 0 Å². The molecule has 2 amide bonds. The van der Waals surface area contributed by atoms with Crippen molar-refractivity contribution in [3.63, 3.8) is 0 Å². The van der Waals surface area contributed by atoms with Crippen molar-refractivity contribution >= 4 is 12.0 Å². The zero-order valence-electron chi connectivity index (χ0n) is 14.0. The van der Waals surface area contributed by atoms with Gasteiger partial charge in [-0.3, -0.25) is 4.79 Å². The third-order valence-corrected chi connectivity index (χ3v) is 3.89. The summed E-state index contributed by atoms with van der Waals surface area (Å²) in [6.07, 6.45) is 1.06. The Labute approximate surface area is 138 Å². The van der Waals surface area contributed by atoms with E-state index in [1.807, 2.05) is 49.1 Å². The summed E-state index contributed by atoms with van der Waals surface area (Å²) in [5.74, 6) is 0.539. The van der Waals surface area contributed by atoms with Gasteiger partial charge in [-0.2, -0.15) is 0 Å². The highest BCUT2D eigenvalue weighted by atomic mass is 16.6.